The topological polar surface area (TPSA) is 63.6 Å². The van der Waals surface area contributed by atoms with Crippen molar-refractivity contribution in [1.29, 1.82) is 0 Å². The highest BCUT2D eigenvalue weighted by molar-refractivity contribution is 7.91. The molecule has 1 aromatic carbocycles. The molecule has 0 aromatic heterocycles. The maximum absolute atomic E-state index is 13.2. The smallest absolute Gasteiger partial charge is 0.180 e. The highest BCUT2D eigenvalue weighted by atomic mass is 32.2. The summed E-state index contributed by atoms with van der Waals surface area (Å²) in [5, 5.41) is 8.54. The predicted molar refractivity (Wildman–Crippen MR) is 52.1 cm³/mol. The van der Waals surface area contributed by atoms with Gasteiger partial charge in [-0.15, -0.1) is 0 Å². The Morgan fingerprint density at radius 3 is 2.60 bits per heavy atom. The molecule has 0 aliphatic heterocycles. The molecule has 84 valence electrons. The minimum atomic E-state index is -3.60. The molecule has 0 saturated carbocycles. The number of sulfone groups is 1. The van der Waals surface area contributed by atoms with E-state index in [1.165, 1.54) is 19.2 Å². The van der Waals surface area contributed by atoms with Gasteiger partial charge >= 0.3 is 0 Å². The predicted octanol–water partition coefficient (Wildman–Crippen LogP) is 0.600. The van der Waals surface area contributed by atoms with Crippen LogP contribution in [0.1, 0.15) is 0 Å². The van der Waals surface area contributed by atoms with Crippen LogP contribution >= 0.6 is 0 Å². The van der Waals surface area contributed by atoms with Gasteiger partial charge in [-0.25, -0.2) is 12.8 Å². The first-order chi connectivity index (χ1) is 7.01. The van der Waals surface area contributed by atoms with Crippen LogP contribution in [0.5, 0.6) is 5.75 Å². The molecule has 0 saturated heterocycles. The summed E-state index contributed by atoms with van der Waals surface area (Å²) in [7, 11) is -2.31. The van der Waals surface area contributed by atoms with E-state index in [0.29, 0.717) is 0 Å². The second-order valence-electron chi connectivity index (χ2n) is 2.84. The van der Waals surface area contributed by atoms with Gasteiger partial charge in [-0.1, -0.05) is 0 Å². The zero-order chi connectivity index (χ0) is 11.5. The lowest BCUT2D eigenvalue weighted by Crippen LogP contribution is -2.10. The normalized spacial score (nSPS) is 11.4. The Morgan fingerprint density at radius 1 is 1.47 bits per heavy atom. The van der Waals surface area contributed by atoms with E-state index in [0.717, 1.165) is 6.07 Å². The van der Waals surface area contributed by atoms with Crippen LogP contribution in [0.15, 0.2) is 23.1 Å². The van der Waals surface area contributed by atoms with E-state index < -0.39 is 28.0 Å². The summed E-state index contributed by atoms with van der Waals surface area (Å²) in [4.78, 5) is -0.158. The Kier molecular flexibility index (Phi) is 3.65. The standard InChI is InChI=1S/C9H11FO4S/c1-14-9-3-2-7(6-8(9)10)15(12,13)5-4-11/h2-3,6,11H,4-5H2,1H3. The van der Waals surface area contributed by atoms with Crippen LogP contribution < -0.4 is 4.74 Å². The lowest BCUT2D eigenvalue weighted by Gasteiger charge is -2.05. The first-order valence-electron chi connectivity index (χ1n) is 4.18. The van der Waals surface area contributed by atoms with E-state index in [1.807, 2.05) is 0 Å². The summed E-state index contributed by atoms with van der Waals surface area (Å²) in [5.41, 5.74) is 0. The highest BCUT2D eigenvalue weighted by Crippen LogP contribution is 2.21. The van der Waals surface area contributed by atoms with Crippen LogP contribution in [0.25, 0.3) is 0 Å². The molecule has 0 aliphatic carbocycles. The van der Waals surface area contributed by atoms with Crippen LogP contribution in [-0.4, -0.2) is 33.0 Å². The first kappa shape index (κ1) is 11.9. The number of ether oxygens (including phenoxy) is 1. The van der Waals surface area contributed by atoms with Crippen molar-refractivity contribution in [1.82, 2.24) is 0 Å². The second-order valence-corrected chi connectivity index (χ2v) is 4.95. The lowest BCUT2D eigenvalue weighted by molar-refractivity contribution is 0.319. The fourth-order valence-corrected chi connectivity index (χ4v) is 2.11. The van der Waals surface area contributed by atoms with E-state index in [9.17, 15) is 12.8 Å². The van der Waals surface area contributed by atoms with Gasteiger partial charge in [0.05, 0.1) is 24.4 Å². The molecule has 0 amide bonds. The monoisotopic (exact) mass is 234 g/mol. The molecule has 0 fully saturated rings. The maximum atomic E-state index is 13.2. The van der Waals surface area contributed by atoms with Crippen molar-refractivity contribution in [2.24, 2.45) is 0 Å². The molecular formula is C9H11FO4S. The molecule has 0 aliphatic rings. The van der Waals surface area contributed by atoms with E-state index in [-0.39, 0.29) is 10.6 Å². The zero-order valence-electron chi connectivity index (χ0n) is 8.10. The third-order valence-electron chi connectivity index (χ3n) is 1.84. The van der Waals surface area contributed by atoms with Gasteiger partial charge in [0.1, 0.15) is 0 Å². The van der Waals surface area contributed by atoms with Crippen molar-refractivity contribution in [3.63, 3.8) is 0 Å². The zero-order valence-corrected chi connectivity index (χ0v) is 8.92. The van der Waals surface area contributed by atoms with E-state index in [4.69, 9.17) is 5.11 Å². The summed E-state index contributed by atoms with van der Waals surface area (Å²) >= 11 is 0. The number of rotatable bonds is 4. The molecule has 0 bridgehead atoms. The summed E-state index contributed by atoms with van der Waals surface area (Å²) < 4.78 is 40.7. The number of methoxy groups -OCH3 is 1. The Morgan fingerprint density at radius 2 is 2.13 bits per heavy atom. The highest BCUT2D eigenvalue weighted by Gasteiger charge is 2.15. The number of hydrogen-bond donors (Lipinski definition) is 1. The van der Waals surface area contributed by atoms with Crippen molar-refractivity contribution in [3.8, 4) is 5.75 Å². The number of benzene rings is 1. The summed E-state index contributed by atoms with van der Waals surface area (Å²) in [6, 6.07) is 3.36. The van der Waals surface area contributed by atoms with Crippen LogP contribution in [0.2, 0.25) is 0 Å². The number of aliphatic hydroxyl groups is 1. The first-order valence-corrected chi connectivity index (χ1v) is 5.83. The SMILES string of the molecule is COc1ccc(S(=O)(=O)CCO)cc1F. The van der Waals surface area contributed by atoms with Crippen molar-refractivity contribution in [3.05, 3.63) is 24.0 Å². The molecule has 0 heterocycles. The Balaban J connectivity index is 3.13. The molecule has 1 N–H and O–H groups in total. The molecule has 15 heavy (non-hydrogen) atoms. The molecular weight excluding hydrogens is 223 g/mol. The van der Waals surface area contributed by atoms with Gasteiger partial charge in [-0.3, -0.25) is 0 Å². The average Bonchev–Trinajstić information content (AvgIpc) is 2.17. The Hall–Kier alpha value is -1.14. The maximum Gasteiger partial charge on any atom is 0.180 e. The van der Waals surface area contributed by atoms with Crippen LogP contribution in [0.3, 0.4) is 0 Å². The fraction of sp³-hybridized carbons (Fsp3) is 0.333. The van der Waals surface area contributed by atoms with Crippen molar-refractivity contribution in [2.45, 2.75) is 4.90 Å². The Labute approximate surface area is 87.2 Å². The quantitative estimate of drug-likeness (QED) is 0.828. The van der Waals surface area contributed by atoms with Gasteiger partial charge in [0, 0.05) is 0 Å². The minimum absolute atomic E-state index is 0.0158. The minimum Gasteiger partial charge on any atom is -0.494 e. The molecule has 4 nitrogen and oxygen atoms in total. The molecule has 1 rings (SSSR count). The molecule has 1 aromatic rings. The largest absolute Gasteiger partial charge is 0.494 e. The van der Waals surface area contributed by atoms with E-state index >= 15 is 0 Å². The van der Waals surface area contributed by atoms with Crippen LogP contribution in [0.4, 0.5) is 4.39 Å². The Bertz CT molecular complexity index is 441. The van der Waals surface area contributed by atoms with Gasteiger partial charge in [0.15, 0.2) is 21.4 Å². The van der Waals surface area contributed by atoms with Gasteiger partial charge < -0.3 is 9.84 Å². The van der Waals surface area contributed by atoms with Gasteiger partial charge in [-0.05, 0) is 18.2 Å². The van der Waals surface area contributed by atoms with Gasteiger partial charge in [0.2, 0.25) is 0 Å². The van der Waals surface area contributed by atoms with Crippen molar-refractivity contribution >= 4 is 9.84 Å². The fourth-order valence-electron chi connectivity index (χ4n) is 1.08. The van der Waals surface area contributed by atoms with Crippen LogP contribution in [-0.2, 0) is 9.84 Å². The summed E-state index contributed by atoms with van der Waals surface area (Å²) in [6.07, 6.45) is 0. The number of halogens is 1. The number of aliphatic hydroxyl groups excluding tert-OH is 1. The summed E-state index contributed by atoms with van der Waals surface area (Å²) in [5.74, 6) is -1.17. The van der Waals surface area contributed by atoms with Crippen molar-refractivity contribution in [2.75, 3.05) is 19.5 Å². The third kappa shape index (κ3) is 2.66. The van der Waals surface area contributed by atoms with Gasteiger partial charge in [0.25, 0.3) is 0 Å². The molecule has 0 spiro atoms. The lowest BCUT2D eigenvalue weighted by atomic mass is 10.3. The average molecular weight is 234 g/mol. The molecule has 0 radical (unpaired) electrons. The third-order valence-corrected chi connectivity index (χ3v) is 3.53. The summed E-state index contributed by atoms with van der Waals surface area (Å²) in [6.45, 7) is -0.490. The second kappa shape index (κ2) is 4.59. The molecule has 0 atom stereocenters. The molecule has 6 heteroatoms. The van der Waals surface area contributed by atoms with Gasteiger partial charge in [-0.2, -0.15) is 0 Å². The van der Waals surface area contributed by atoms with E-state index in [1.54, 1.807) is 0 Å². The van der Waals surface area contributed by atoms with Crippen LogP contribution in [0, 0.1) is 5.82 Å². The van der Waals surface area contributed by atoms with Crippen molar-refractivity contribution < 1.29 is 22.7 Å². The number of hydrogen-bond acceptors (Lipinski definition) is 4. The van der Waals surface area contributed by atoms with E-state index in [2.05, 4.69) is 4.74 Å². The molecule has 0 unspecified atom stereocenters.